The first-order chi connectivity index (χ1) is 8.99. The van der Waals surface area contributed by atoms with Gasteiger partial charge in [0.2, 0.25) is 0 Å². The number of hydrogen-bond acceptors (Lipinski definition) is 2. The summed E-state index contributed by atoms with van der Waals surface area (Å²) >= 11 is 15.3. The van der Waals surface area contributed by atoms with E-state index in [1.807, 2.05) is 0 Å². The van der Waals surface area contributed by atoms with E-state index in [0.29, 0.717) is 31.6 Å². The maximum Gasteiger partial charge on any atom is 0.159 e. The first kappa shape index (κ1) is 14.4. The summed E-state index contributed by atoms with van der Waals surface area (Å²) in [6.45, 7) is 1.51. The normalized spacial score (nSPS) is 10.3. The molecule has 0 bridgehead atoms. The van der Waals surface area contributed by atoms with Crippen LogP contribution in [0.25, 0.3) is 0 Å². The maximum absolute atomic E-state index is 11.3. The Balaban J connectivity index is 2.34. The number of hydrogen-bond donors (Lipinski definition) is 0. The number of ether oxygens (including phenoxy) is 1. The number of Topliss-reactive ketones (excluding diaryl/α,β-unsaturated/α-hetero) is 1. The van der Waals surface area contributed by atoms with Crippen molar-refractivity contribution in [2.24, 2.45) is 0 Å². The van der Waals surface area contributed by atoms with Crippen LogP contribution in [0.15, 0.2) is 40.9 Å². The molecule has 0 aromatic heterocycles. The molecule has 0 unspecified atom stereocenters. The molecule has 0 atom stereocenters. The zero-order valence-electron chi connectivity index (χ0n) is 9.91. The van der Waals surface area contributed by atoms with Crippen molar-refractivity contribution >= 4 is 44.9 Å². The summed E-state index contributed by atoms with van der Waals surface area (Å²) in [5.41, 5.74) is 0.608. The molecule has 98 valence electrons. The van der Waals surface area contributed by atoms with Crippen LogP contribution in [0.3, 0.4) is 0 Å². The van der Waals surface area contributed by atoms with Crippen molar-refractivity contribution in [1.82, 2.24) is 0 Å². The summed E-state index contributed by atoms with van der Waals surface area (Å²) in [6, 6.07) is 10.3. The van der Waals surface area contributed by atoms with Gasteiger partial charge in [-0.1, -0.05) is 29.3 Å². The van der Waals surface area contributed by atoms with Gasteiger partial charge in [0.25, 0.3) is 0 Å². The quantitative estimate of drug-likeness (QED) is 0.652. The summed E-state index contributed by atoms with van der Waals surface area (Å²) in [6.07, 6.45) is 0. The molecular weight excluding hydrogens is 351 g/mol. The average molecular weight is 360 g/mol. The monoisotopic (exact) mass is 358 g/mol. The first-order valence-corrected chi connectivity index (χ1v) is 6.96. The number of rotatable bonds is 3. The van der Waals surface area contributed by atoms with Crippen LogP contribution in [0.2, 0.25) is 10.0 Å². The van der Waals surface area contributed by atoms with Crippen LogP contribution in [0.1, 0.15) is 17.3 Å². The third-order valence-electron chi connectivity index (χ3n) is 2.47. The van der Waals surface area contributed by atoms with Crippen molar-refractivity contribution < 1.29 is 9.53 Å². The smallest absolute Gasteiger partial charge is 0.159 e. The van der Waals surface area contributed by atoms with Crippen LogP contribution in [0.5, 0.6) is 11.5 Å². The standard InChI is InChI=1S/C14H9BrCl2O2/c1-8(18)9-5-6-12(10(15)7-9)19-13-4-2-3-11(16)14(13)17/h2-7H,1H3. The lowest BCUT2D eigenvalue weighted by molar-refractivity contribution is 0.101. The van der Waals surface area contributed by atoms with Crippen molar-refractivity contribution in [1.29, 1.82) is 0 Å². The van der Waals surface area contributed by atoms with Gasteiger partial charge >= 0.3 is 0 Å². The summed E-state index contributed by atoms with van der Waals surface area (Å²) in [7, 11) is 0. The fraction of sp³-hybridized carbons (Fsp3) is 0.0714. The van der Waals surface area contributed by atoms with Gasteiger partial charge in [0.15, 0.2) is 5.78 Å². The van der Waals surface area contributed by atoms with E-state index in [1.165, 1.54) is 6.92 Å². The minimum Gasteiger partial charge on any atom is -0.455 e. The molecule has 5 heteroatoms. The van der Waals surface area contributed by atoms with Crippen molar-refractivity contribution in [3.05, 3.63) is 56.5 Å². The number of ketones is 1. The number of halogens is 3. The number of benzene rings is 2. The van der Waals surface area contributed by atoms with Gasteiger partial charge in [-0.25, -0.2) is 0 Å². The molecular formula is C14H9BrCl2O2. The molecule has 0 aliphatic heterocycles. The highest BCUT2D eigenvalue weighted by molar-refractivity contribution is 9.10. The van der Waals surface area contributed by atoms with Crippen LogP contribution in [-0.4, -0.2) is 5.78 Å². The predicted molar refractivity (Wildman–Crippen MR) is 80.7 cm³/mol. The minimum absolute atomic E-state index is 0.00645. The molecule has 0 aliphatic carbocycles. The zero-order chi connectivity index (χ0) is 14.0. The van der Waals surface area contributed by atoms with Gasteiger partial charge in [0, 0.05) is 5.56 Å². The van der Waals surface area contributed by atoms with Crippen LogP contribution in [0.4, 0.5) is 0 Å². The van der Waals surface area contributed by atoms with E-state index in [2.05, 4.69) is 15.9 Å². The zero-order valence-corrected chi connectivity index (χ0v) is 13.0. The molecule has 19 heavy (non-hydrogen) atoms. The highest BCUT2D eigenvalue weighted by atomic mass is 79.9. The second-order valence-corrected chi connectivity index (χ2v) is 5.49. The van der Waals surface area contributed by atoms with Crippen molar-refractivity contribution in [2.45, 2.75) is 6.92 Å². The van der Waals surface area contributed by atoms with Gasteiger partial charge in [0.05, 0.1) is 9.50 Å². The third kappa shape index (κ3) is 3.30. The summed E-state index contributed by atoms with van der Waals surface area (Å²) < 4.78 is 6.36. The highest BCUT2D eigenvalue weighted by Crippen LogP contribution is 2.37. The molecule has 0 fully saturated rings. The summed E-state index contributed by atoms with van der Waals surface area (Å²) in [5, 5.41) is 0.780. The Bertz CT molecular complexity index is 641. The third-order valence-corrected chi connectivity index (χ3v) is 3.90. The van der Waals surface area contributed by atoms with Gasteiger partial charge in [-0.05, 0) is 53.2 Å². The average Bonchev–Trinajstić information content (AvgIpc) is 2.37. The van der Waals surface area contributed by atoms with Crippen molar-refractivity contribution in [3.8, 4) is 11.5 Å². The van der Waals surface area contributed by atoms with Crippen LogP contribution in [-0.2, 0) is 0 Å². The Labute approximate surface area is 129 Å². The molecule has 0 amide bonds. The maximum atomic E-state index is 11.3. The largest absolute Gasteiger partial charge is 0.455 e. The van der Waals surface area contributed by atoms with Gasteiger partial charge in [-0.3, -0.25) is 4.79 Å². The fourth-order valence-corrected chi connectivity index (χ4v) is 2.27. The molecule has 0 radical (unpaired) electrons. The van der Waals surface area contributed by atoms with E-state index < -0.39 is 0 Å². The van der Waals surface area contributed by atoms with Crippen LogP contribution < -0.4 is 4.74 Å². The molecule has 0 saturated heterocycles. The topological polar surface area (TPSA) is 26.3 Å². The molecule has 0 aliphatic rings. The Morgan fingerprint density at radius 2 is 1.89 bits per heavy atom. The molecule has 2 rings (SSSR count). The predicted octanol–water partition coefficient (Wildman–Crippen LogP) is 5.75. The van der Waals surface area contributed by atoms with Gasteiger partial charge in [0.1, 0.15) is 16.5 Å². The van der Waals surface area contributed by atoms with Crippen LogP contribution in [0, 0.1) is 0 Å². The molecule has 2 nitrogen and oxygen atoms in total. The van der Waals surface area contributed by atoms with Gasteiger partial charge < -0.3 is 4.74 Å². The molecule has 0 heterocycles. The van der Waals surface area contributed by atoms with Gasteiger partial charge in [-0.2, -0.15) is 0 Å². The van der Waals surface area contributed by atoms with E-state index in [9.17, 15) is 4.79 Å². The molecule has 0 N–H and O–H groups in total. The Morgan fingerprint density at radius 1 is 1.16 bits per heavy atom. The summed E-state index contributed by atoms with van der Waals surface area (Å²) in [4.78, 5) is 11.3. The molecule has 2 aromatic carbocycles. The van der Waals surface area contributed by atoms with Crippen molar-refractivity contribution in [2.75, 3.05) is 0 Å². The first-order valence-electron chi connectivity index (χ1n) is 5.41. The Morgan fingerprint density at radius 3 is 2.53 bits per heavy atom. The van der Waals surface area contributed by atoms with Gasteiger partial charge in [-0.15, -0.1) is 0 Å². The molecule has 2 aromatic rings. The lowest BCUT2D eigenvalue weighted by Crippen LogP contribution is -1.93. The lowest BCUT2D eigenvalue weighted by Gasteiger charge is -2.10. The SMILES string of the molecule is CC(=O)c1ccc(Oc2cccc(Cl)c2Cl)c(Br)c1. The van der Waals surface area contributed by atoms with E-state index in [0.717, 1.165) is 0 Å². The lowest BCUT2D eigenvalue weighted by atomic mass is 10.1. The second-order valence-electron chi connectivity index (χ2n) is 3.86. The number of carbonyl (C=O) groups excluding carboxylic acids is 1. The minimum atomic E-state index is -0.00645. The Kier molecular flexibility index (Phi) is 4.50. The van der Waals surface area contributed by atoms with E-state index >= 15 is 0 Å². The molecule has 0 saturated carbocycles. The number of carbonyl (C=O) groups is 1. The van der Waals surface area contributed by atoms with E-state index in [1.54, 1.807) is 36.4 Å². The molecule has 0 spiro atoms. The van der Waals surface area contributed by atoms with E-state index in [4.69, 9.17) is 27.9 Å². The summed E-state index contributed by atoms with van der Waals surface area (Å²) in [5.74, 6) is 1.02. The highest BCUT2D eigenvalue weighted by Gasteiger charge is 2.10. The Hall–Kier alpha value is -1.03. The van der Waals surface area contributed by atoms with Crippen molar-refractivity contribution in [3.63, 3.8) is 0 Å². The second kappa shape index (κ2) is 5.95. The van der Waals surface area contributed by atoms with E-state index in [-0.39, 0.29) is 5.78 Å². The fourth-order valence-electron chi connectivity index (χ4n) is 1.48. The van der Waals surface area contributed by atoms with Crippen LogP contribution >= 0.6 is 39.1 Å².